The lowest BCUT2D eigenvalue weighted by Gasteiger charge is -2.01. The Morgan fingerprint density at radius 1 is 0.609 bits per heavy atom. The van der Waals surface area contributed by atoms with Crippen LogP contribution < -0.4 is 0 Å². The van der Waals surface area contributed by atoms with Gasteiger partial charge in [0.2, 0.25) is 0 Å². The Bertz CT molecular complexity index is 687. The Hall–Kier alpha value is -2.34. The molecule has 118 valence electrons. The van der Waals surface area contributed by atoms with Gasteiger partial charge in [-0.2, -0.15) is 0 Å². The van der Waals surface area contributed by atoms with Gasteiger partial charge in [-0.15, -0.1) is 0 Å². The number of aryl methyl sites for hydroxylation is 3. The normalized spacial score (nSPS) is 13.4. The summed E-state index contributed by atoms with van der Waals surface area (Å²) in [5, 5.41) is 0. The highest BCUT2D eigenvalue weighted by Gasteiger charge is 1.99. The highest BCUT2D eigenvalue weighted by Crippen LogP contribution is 2.20. The zero-order valence-electron chi connectivity index (χ0n) is 14.6. The third-order valence-electron chi connectivity index (χ3n) is 3.89. The molecule has 0 saturated heterocycles. The molecule has 0 spiro atoms. The van der Waals surface area contributed by atoms with Gasteiger partial charge in [0.25, 0.3) is 0 Å². The standard InChI is InChI=1S/C15H16.C8H10/c1-12-4-3-5-14(9-6-12)15-10-7-13(2)8-11-15;1-7-3-5-8(2)6-4-7/h3,5-11H,4H2,1-2H3;3-6H,1-2H3. The lowest BCUT2D eigenvalue weighted by Crippen LogP contribution is -1.80. The van der Waals surface area contributed by atoms with E-state index in [9.17, 15) is 0 Å². The van der Waals surface area contributed by atoms with Crippen LogP contribution in [0.1, 0.15) is 35.6 Å². The van der Waals surface area contributed by atoms with Crippen molar-refractivity contribution in [3.8, 4) is 0 Å². The second-order valence-electron chi connectivity index (χ2n) is 6.26. The van der Waals surface area contributed by atoms with Crippen LogP contribution in [0.25, 0.3) is 5.57 Å². The molecule has 0 fully saturated rings. The second-order valence-corrected chi connectivity index (χ2v) is 6.26. The summed E-state index contributed by atoms with van der Waals surface area (Å²) in [5.41, 5.74) is 7.97. The molecule has 0 atom stereocenters. The predicted molar refractivity (Wildman–Crippen MR) is 103 cm³/mol. The molecule has 23 heavy (non-hydrogen) atoms. The van der Waals surface area contributed by atoms with Gasteiger partial charge in [-0.05, 0) is 45.3 Å². The highest BCUT2D eigenvalue weighted by atomic mass is 14.0. The molecule has 0 amide bonds. The minimum Gasteiger partial charge on any atom is -0.0799 e. The Kier molecular flexibility index (Phi) is 6.17. The SMILES string of the molecule is CC1=CC=C(c2ccc(C)cc2)C=CC1.Cc1ccc(C)cc1. The lowest BCUT2D eigenvalue weighted by atomic mass is 10.0. The molecule has 0 N–H and O–H groups in total. The van der Waals surface area contributed by atoms with E-state index in [2.05, 4.69) is 101 Å². The number of allylic oxidation sites excluding steroid dienone is 6. The van der Waals surface area contributed by atoms with Gasteiger partial charge in [-0.1, -0.05) is 95.1 Å². The molecule has 0 saturated carbocycles. The van der Waals surface area contributed by atoms with Gasteiger partial charge < -0.3 is 0 Å². The van der Waals surface area contributed by atoms with Crippen molar-refractivity contribution in [2.45, 2.75) is 34.1 Å². The van der Waals surface area contributed by atoms with Crippen molar-refractivity contribution < 1.29 is 0 Å². The molecule has 0 nitrogen and oxygen atoms in total. The third kappa shape index (κ3) is 5.75. The molecule has 2 aromatic rings. The molecule has 0 unspecified atom stereocenters. The molecule has 3 rings (SSSR count). The summed E-state index contributed by atoms with van der Waals surface area (Å²) in [6, 6.07) is 17.2. The Morgan fingerprint density at radius 3 is 1.61 bits per heavy atom. The van der Waals surface area contributed by atoms with Crippen molar-refractivity contribution in [3.63, 3.8) is 0 Å². The average molecular weight is 302 g/mol. The monoisotopic (exact) mass is 302 g/mol. The zero-order chi connectivity index (χ0) is 16.7. The summed E-state index contributed by atoms with van der Waals surface area (Å²) in [7, 11) is 0. The van der Waals surface area contributed by atoms with Crippen molar-refractivity contribution in [3.05, 3.63) is 101 Å². The van der Waals surface area contributed by atoms with Crippen LogP contribution in [0.5, 0.6) is 0 Å². The van der Waals surface area contributed by atoms with E-state index in [1.165, 1.54) is 33.4 Å². The smallest absolute Gasteiger partial charge is 0.0135 e. The number of rotatable bonds is 1. The molecular weight excluding hydrogens is 276 g/mol. The molecule has 0 radical (unpaired) electrons. The Labute approximate surface area is 140 Å². The molecule has 0 aliphatic heterocycles. The molecule has 1 aliphatic carbocycles. The second kappa shape index (κ2) is 8.33. The summed E-state index contributed by atoms with van der Waals surface area (Å²) in [5.74, 6) is 0. The van der Waals surface area contributed by atoms with E-state index in [-0.39, 0.29) is 0 Å². The maximum atomic E-state index is 2.23. The van der Waals surface area contributed by atoms with Gasteiger partial charge in [-0.25, -0.2) is 0 Å². The Balaban J connectivity index is 0.000000203. The molecule has 1 aliphatic rings. The van der Waals surface area contributed by atoms with Crippen LogP contribution in [0.15, 0.2) is 78.4 Å². The summed E-state index contributed by atoms with van der Waals surface area (Å²) >= 11 is 0. The first-order chi connectivity index (χ1) is 11.0. The van der Waals surface area contributed by atoms with Crippen LogP contribution in [0.2, 0.25) is 0 Å². The van der Waals surface area contributed by atoms with E-state index < -0.39 is 0 Å². The third-order valence-corrected chi connectivity index (χ3v) is 3.89. The number of hydrogen-bond acceptors (Lipinski definition) is 0. The minimum atomic E-state index is 1.06. The van der Waals surface area contributed by atoms with Crippen molar-refractivity contribution in [1.82, 2.24) is 0 Å². The summed E-state index contributed by atoms with van der Waals surface area (Å²) in [6.45, 7) is 8.48. The van der Waals surface area contributed by atoms with E-state index in [0.29, 0.717) is 0 Å². The van der Waals surface area contributed by atoms with Gasteiger partial charge in [-0.3, -0.25) is 0 Å². The van der Waals surface area contributed by atoms with Crippen LogP contribution in [0, 0.1) is 20.8 Å². The van der Waals surface area contributed by atoms with Gasteiger partial charge in [0.15, 0.2) is 0 Å². The number of benzene rings is 2. The van der Waals surface area contributed by atoms with E-state index in [0.717, 1.165) is 6.42 Å². The van der Waals surface area contributed by atoms with Crippen LogP contribution in [-0.4, -0.2) is 0 Å². The maximum absolute atomic E-state index is 2.23. The molecule has 0 bridgehead atoms. The molecule has 0 aromatic heterocycles. The van der Waals surface area contributed by atoms with Crippen LogP contribution in [0.4, 0.5) is 0 Å². The molecule has 2 aromatic carbocycles. The summed E-state index contributed by atoms with van der Waals surface area (Å²) in [4.78, 5) is 0. The quantitative estimate of drug-likeness (QED) is 0.557. The van der Waals surface area contributed by atoms with Crippen molar-refractivity contribution >= 4 is 5.57 Å². The molecular formula is C23H26. The fourth-order valence-corrected chi connectivity index (χ4v) is 2.30. The van der Waals surface area contributed by atoms with E-state index in [4.69, 9.17) is 0 Å². The van der Waals surface area contributed by atoms with E-state index in [1.54, 1.807) is 0 Å². The number of hydrogen-bond donors (Lipinski definition) is 0. The topological polar surface area (TPSA) is 0 Å². The average Bonchev–Trinajstić information content (AvgIpc) is 2.76. The van der Waals surface area contributed by atoms with Crippen molar-refractivity contribution in [1.29, 1.82) is 0 Å². The fourth-order valence-electron chi connectivity index (χ4n) is 2.30. The van der Waals surface area contributed by atoms with Gasteiger partial charge >= 0.3 is 0 Å². The van der Waals surface area contributed by atoms with Gasteiger partial charge in [0.05, 0.1) is 0 Å². The summed E-state index contributed by atoms with van der Waals surface area (Å²) in [6.07, 6.45) is 9.90. The lowest BCUT2D eigenvalue weighted by molar-refractivity contribution is 1.22. The Morgan fingerprint density at radius 2 is 1.09 bits per heavy atom. The van der Waals surface area contributed by atoms with Gasteiger partial charge in [0.1, 0.15) is 0 Å². The van der Waals surface area contributed by atoms with Gasteiger partial charge in [0, 0.05) is 0 Å². The fraction of sp³-hybridized carbons (Fsp3) is 0.217. The minimum absolute atomic E-state index is 1.06. The zero-order valence-corrected chi connectivity index (χ0v) is 14.6. The predicted octanol–water partition coefficient (Wildman–Crippen LogP) is 6.59. The largest absolute Gasteiger partial charge is 0.0799 e. The van der Waals surface area contributed by atoms with Crippen LogP contribution in [-0.2, 0) is 0 Å². The molecule has 0 heterocycles. The molecule has 0 heteroatoms. The van der Waals surface area contributed by atoms with E-state index >= 15 is 0 Å². The summed E-state index contributed by atoms with van der Waals surface area (Å²) < 4.78 is 0. The maximum Gasteiger partial charge on any atom is -0.0135 e. The van der Waals surface area contributed by atoms with Crippen molar-refractivity contribution in [2.24, 2.45) is 0 Å². The van der Waals surface area contributed by atoms with E-state index in [1.807, 2.05) is 0 Å². The van der Waals surface area contributed by atoms with Crippen LogP contribution in [0.3, 0.4) is 0 Å². The van der Waals surface area contributed by atoms with Crippen LogP contribution >= 0.6 is 0 Å². The first kappa shape index (κ1) is 17.0. The first-order valence-corrected chi connectivity index (χ1v) is 8.19. The first-order valence-electron chi connectivity index (χ1n) is 8.19. The highest BCUT2D eigenvalue weighted by molar-refractivity contribution is 5.76. The van der Waals surface area contributed by atoms with Crippen molar-refractivity contribution in [2.75, 3.05) is 0 Å².